The van der Waals surface area contributed by atoms with Crippen LogP contribution in [0.1, 0.15) is 16.8 Å². The van der Waals surface area contributed by atoms with Crippen LogP contribution in [0, 0.1) is 5.82 Å². The molecule has 2 aromatic carbocycles. The van der Waals surface area contributed by atoms with Gasteiger partial charge in [0.05, 0.1) is 17.2 Å². The van der Waals surface area contributed by atoms with Gasteiger partial charge < -0.3 is 9.64 Å². The summed E-state index contributed by atoms with van der Waals surface area (Å²) in [5.41, 5.74) is 0.286. The summed E-state index contributed by atoms with van der Waals surface area (Å²) in [5.74, 6) is 0.0111. The van der Waals surface area contributed by atoms with E-state index in [9.17, 15) is 9.18 Å². The highest BCUT2D eigenvalue weighted by Gasteiger charge is 2.15. The van der Waals surface area contributed by atoms with Crippen LogP contribution in [0.4, 0.5) is 4.39 Å². The molecule has 0 aliphatic rings. The summed E-state index contributed by atoms with van der Waals surface area (Å²) in [6, 6.07) is 10.8. The van der Waals surface area contributed by atoms with E-state index in [0.717, 1.165) is 11.8 Å². The normalized spacial score (nSPS) is 10.4. The van der Waals surface area contributed by atoms with E-state index in [1.165, 1.54) is 17.0 Å². The molecule has 0 heterocycles. The van der Waals surface area contributed by atoms with Crippen molar-refractivity contribution in [1.29, 1.82) is 0 Å². The van der Waals surface area contributed by atoms with Gasteiger partial charge >= 0.3 is 0 Å². The lowest BCUT2D eigenvalue weighted by molar-refractivity contribution is 0.0788. The Labute approximate surface area is 144 Å². The van der Waals surface area contributed by atoms with Crippen molar-refractivity contribution in [3.8, 4) is 5.75 Å². The minimum Gasteiger partial charge on any atom is -0.494 e. The molecule has 0 spiro atoms. The molecule has 0 aliphatic carbocycles. The van der Waals surface area contributed by atoms with Gasteiger partial charge in [0, 0.05) is 18.6 Å². The highest BCUT2D eigenvalue weighted by atomic mass is 35.5. The number of halogens is 3. The lowest BCUT2D eigenvalue weighted by Gasteiger charge is -2.18. The molecule has 0 unspecified atom stereocenters. The number of amides is 1. The summed E-state index contributed by atoms with van der Waals surface area (Å²) in [5, 5.41) is 0.762. The van der Waals surface area contributed by atoms with Crippen LogP contribution in [0.25, 0.3) is 0 Å². The van der Waals surface area contributed by atoms with E-state index in [1.54, 1.807) is 31.3 Å². The SMILES string of the molecule is CN(CCCOc1ccc(Cl)cc1)C(=O)c1ccc(F)cc1Cl. The molecule has 122 valence electrons. The fraction of sp³-hybridized carbons (Fsp3) is 0.235. The molecule has 23 heavy (non-hydrogen) atoms. The topological polar surface area (TPSA) is 29.5 Å². The fourth-order valence-corrected chi connectivity index (χ4v) is 2.37. The molecular weight excluding hydrogens is 340 g/mol. The Hall–Kier alpha value is -1.78. The zero-order valence-electron chi connectivity index (χ0n) is 12.6. The predicted octanol–water partition coefficient (Wildman–Crippen LogP) is 4.67. The molecule has 0 bridgehead atoms. The largest absolute Gasteiger partial charge is 0.494 e. The van der Waals surface area contributed by atoms with E-state index >= 15 is 0 Å². The Kier molecular flexibility index (Phi) is 6.25. The molecule has 0 aromatic heterocycles. The molecule has 0 saturated carbocycles. The van der Waals surface area contributed by atoms with E-state index in [4.69, 9.17) is 27.9 Å². The van der Waals surface area contributed by atoms with Crippen LogP contribution in [-0.2, 0) is 0 Å². The molecule has 0 saturated heterocycles. The average Bonchev–Trinajstić information content (AvgIpc) is 2.52. The van der Waals surface area contributed by atoms with Gasteiger partial charge in [-0.15, -0.1) is 0 Å². The summed E-state index contributed by atoms with van der Waals surface area (Å²) >= 11 is 11.7. The Morgan fingerprint density at radius 3 is 2.52 bits per heavy atom. The molecule has 0 N–H and O–H groups in total. The smallest absolute Gasteiger partial charge is 0.255 e. The van der Waals surface area contributed by atoms with E-state index in [0.29, 0.717) is 24.6 Å². The molecule has 0 fully saturated rings. The highest BCUT2D eigenvalue weighted by Crippen LogP contribution is 2.19. The minimum absolute atomic E-state index is 0.110. The molecule has 0 atom stereocenters. The van der Waals surface area contributed by atoms with Gasteiger partial charge in [-0.2, -0.15) is 0 Å². The lowest BCUT2D eigenvalue weighted by Crippen LogP contribution is -2.28. The van der Waals surface area contributed by atoms with Crippen molar-refractivity contribution in [3.05, 3.63) is 63.9 Å². The summed E-state index contributed by atoms with van der Waals surface area (Å²) in [6.45, 7) is 0.969. The summed E-state index contributed by atoms with van der Waals surface area (Å²) in [7, 11) is 1.67. The third-order valence-electron chi connectivity index (χ3n) is 3.23. The van der Waals surface area contributed by atoms with Crippen molar-refractivity contribution in [2.24, 2.45) is 0 Å². The van der Waals surface area contributed by atoms with Crippen molar-refractivity contribution in [3.63, 3.8) is 0 Å². The molecule has 3 nitrogen and oxygen atoms in total. The number of nitrogens with zero attached hydrogens (tertiary/aromatic N) is 1. The van der Waals surface area contributed by atoms with Gasteiger partial charge in [-0.25, -0.2) is 4.39 Å². The number of benzene rings is 2. The number of carbonyl (C=O) groups is 1. The van der Waals surface area contributed by atoms with E-state index in [-0.39, 0.29) is 16.5 Å². The van der Waals surface area contributed by atoms with Crippen molar-refractivity contribution in [2.45, 2.75) is 6.42 Å². The van der Waals surface area contributed by atoms with Gasteiger partial charge in [-0.3, -0.25) is 4.79 Å². The van der Waals surface area contributed by atoms with Crippen LogP contribution in [0.3, 0.4) is 0 Å². The second-order valence-electron chi connectivity index (χ2n) is 5.01. The van der Waals surface area contributed by atoms with Crippen LogP contribution < -0.4 is 4.74 Å². The molecule has 2 aromatic rings. The second kappa shape index (κ2) is 8.18. The van der Waals surface area contributed by atoms with E-state index < -0.39 is 5.82 Å². The van der Waals surface area contributed by atoms with Gasteiger partial charge in [0.2, 0.25) is 0 Å². The zero-order valence-corrected chi connectivity index (χ0v) is 14.1. The maximum atomic E-state index is 13.0. The highest BCUT2D eigenvalue weighted by molar-refractivity contribution is 6.33. The van der Waals surface area contributed by atoms with Crippen LogP contribution in [0.15, 0.2) is 42.5 Å². The molecule has 0 radical (unpaired) electrons. The zero-order chi connectivity index (χ0) is 16.8. The molecular formula is C17H16Cl2FNO2. The monoisotopic (exact) mass is 355 g/mol. The lowest BCUT2D eigenvalue weighted by atomic mass is 10.2. The van der Waals surface area contributed by atoms with Crippen molar-refractivity contribution >= 4 is 29.1 Å². The van der Waals surface area contributed by atoms with Crippen molar-refractivity contribution in [1.82, 2.24) is 4.90 Å². The van der Waals surface area contributed by atoms with Gasteiger partial charge in [0.15, 0.2) is 0 Å². The first-order valence-electron chi connectivity index (χ1n) is 7.06. The summed E-state index contributed by atoms with van der Waals surface area (Å²) in [6.07, 6.45) is 0.656. The maximum absolute atomic E-state index is 13.0. The fourth-order valence-electron chi connectivity index (χ4n) is 1.99. The van der Waals surface area contributed by atoms with E-state index in [1.807, 2.05) is 0 Å². The van der Waals surface area contributed by atoms with Crippen LogP contribution >= 0.6 is 23.2 Å². The molecule has 2 rings (SSSR count). The van der Waals surface area contributed by atoms with Gasteiger partial charge in [0.1, 0.15) is 11.6 Å². The quantitative estimate of drug-likeness (QED) is 0.704. The number of carbonyl (C=O) groups excluding carboxylic acids is 1. The number of rotatable bonds is 6. The molecule has 1 amide bonds. The van der Waals surface area contributed by atoms with Crippen LogP contribution in [0.2, 0.25) is 10.0 Å². The summed E-state index contributed by atoms with van der Waals surface area (Å²) in [4.78, 5) is 13.8. The van der Waals surface area contributed by atoms with Crippen LogP contribution in [-0.4, -0.2) is 31.0 Å². The summed E-state index contributed by atoms with van der Waals surface area (Å²) < 4.78 is 18.6. The number of hydrogen-bond acceptors (Lipinski definition) is 2. The van der Waals surface area contributed by atoms with Gasteiger partial charge in [-0.1, -0.05) is 23.2 Å². The maximum Gasteiger partial charge on any atom is 0.255 e. The first-order valence-corrected chi connectivity index (χ1v) is 7.82. The van der Waals surface area contributed by atoms with Gasteiger partial charge in [-0.05, 0) is 48.9 Å². The third kappa shape index (κ3) is 5.12. The number of ether oxygens (including phenoxy) is 1. The minimum atomic E-state index is -0.467. The Morgan fingerprint density at radius 2 is 1.87 bits per heavy atom. The first kappa shape index (κ1) is 17.6. The van der Waals surface area contributed by atoms with E-state index in [2.05, 4.69) is 0 Å². The Bertz CT molecular complexity index is 677. The predicted molar refractivity (Wildman–Crippen MR) is 89.9 cm³/mol. The third-order valence-corrected chi connectivity index (χ3v) is 3.79. The van der Waals surface area contributed by atoms with Crippen molar-refractivity contribution in [2.75, 3.05) is 20.2 Å². The molecule has 0 aliphatic heterocycles. The number of hydrogen-bond donors (Lipinski definition) is 0. The standard InChI is InChI=1S/C17H16Cl2FNO2/c1-21(17(22)15-8-5-13(20)11-16(15)19)9-2-10-23-14-6-3-12(18)4-7-14/h3-8,11H,2,9-10H2,1H3. The molecule has 6 heteroatoms. The average molecular weight is 356 g/mol. The van der Waals surface area contributed by atoms with Crippen LogP contribution in [0.5, 0.6) is 5.75 Å². The van der Waals surface area contributed by atoms with Crippen molar-refractivity contribution < 1.29 is 13.9 Å². The first-order chi connectivity index (χ1) is 11.0. The second-order valence-corrected chi connectivity index (χ2v) is 5.85. The van der Waals surface area contributed by atoms with Gasteiger partial charge in [0.25, 0.3) is 5.91 Å². The Balaban J connectivity index is 1.81. The Morgan fingerprint density at radius 1 is 1.17 bits per heavy atom.